The molecular weight excluding hydrogens is 538 g/mol. The van der Waals surface area contributed by atoms with Gasteiger partial charge in [-0.2, -0.15) is 0 Å². The number of fused-ring (bicyclic) bond motifs is 1. The summed E-state index contributed by atoms with van der Waals surface area (Å²) in [5.74, 6) is -0.432. The number of amides is 2. The molecule has 0 atom stereocenters. The second-order valence-electron chi connectivity index (χ2n) is 9.38. The number of carbonyl (C=O) groups is 2. The van der Waals surface area contributed by atoms with Gasteiger partial charge in [-0.15, -0.1) is 0 Å². The summed E-state index contributed by atoms with van der Waals surface area (Å²) in [6.07, 6.45) is 0. The molecule has 0 spiro atoms. The summed E-state index contributed by atoms with van der Waals surface area (Å²) in [4.78, 5) is 27.1. The van der Waals surface area contributed by atoms with Gasteiger partial charge in [0.25, 0.3) is 15.9 Å². The molecule has 9 nitrogen and oxygen atoms in total. The number of sulfonamides is 1. The predicted octanol–water partition coefficient (Wildman–Crippen LogP) is 4.73. The number of nitrogens with two attached hydrogens (primary N) is 1. The lowest BCUT2D eigenvalue weighted by molar-refractivity contribution is -0.116. The maximum Gasteiger partial charge on any atom is 0.261 e. The molecule has 4 aromatic carbocycles. The Bertz CT molecular complexity index is 1720. The van der Waals surface area contributed by atoms with Crippen LogP contribution < -0.4 is 26.0 Å². The molecular formula is C31H29N5O4S. The first-order chi connectivity index (χ1) is 19.8. The molecule has 1 aliphatic heterocycles. The van der Waals surface area contributed by atoms with Crippen LogP contribution in [0.4, 0.5) is 22.7 Å². The van der Waals surface area contributed by atoms with Crippen molar-refractivity contribution in [1.29, 1.82) is 0 Å². The highest BCUT2D eigenvalue weighted by molar-refractivity contribution is 7.92. The highest BCUT2D eigenvalue weighted by atomic mass is 32.2. The van der Waals surface area contributed by atoms with Crippen molar-refractivity contribution in [2.45, 2.75) is 11.8 Å². The van der Waals surface area contributed by atoms with Crippen LogP contribution in [0.1, 0.15) is 18.1 Å². The summed E-state index contributed by atoms with van der Waals surface area (Å²) in [5, 5.41) is 6.27. The number of hydrogen-bond donors (Lipinski definition) is 4. The molecule has 2 amide bonds. The van der Waals surface area contributed by atoms with Gasteiger partial charge in [0, 0.05) is 48.3 Å². The lowest BCUT2D eigenvalue weighted by atomic mass is 9.99. The summed E-state index contributed by atoms with van der Waals surface area (Å²) in [6.45, 7) is 2.22. The fourth-order valence-electron chi connectivity index (χ4n) is 4.64. The highest BCUT2D eigenvalue weighted by Crippen LogP contribution is 2.39. The van der Waals surface area contributed by atoms with Gasteiger partial charge in [-0.05, 0) is 60.2 Å². The Hall–Kier alpha value is -4.93. The first-order valence-corrected chi connectivity index (χ1v) is 14.4. The molecule has 10 heteroatoms. The minimum absolute atomic E-state index is 0.110. The Labute approximate surface area is 238 Å². The van der Waals surface area contributed by atoms with Gasteiger partial charge in [-0.1, -0.05) is 48.5 Å². The van der Waals surface area contributed by atoms with Gasteiger partial charge < -0.3 is 21.3 Å². The van der Waals surface area contributed by atoms with Crippen LogP contribution in [0.5, 0.6) is 0 Å². The second kappa shape index (κ2) is 11.7. The molecule has 41 heavy (non-hydrogen) atoms. The Morgan fingerprint density at radius 3 is 2.15 bits per heavy atom. The molecule has 4 aromatic rings. The van der Waals surface area contributed by atoms with Gasteiger partial charge >= 0.3 is 0 Å². The molecule has 208 valence electrons. The van der Waals surface area contributed by atoms with E-state index in [0.717, 1.165) is 5.56 Å². The molecule has 0 aliphatic carbocycles. The highest BCUT2D eigenvalue weighted by Gasteiger charge is 2.29. The summed E-state index contributed by atoms with van der Waals surface area (Å²) in [6, 6.07) is 29.7. The molecule has 0 saturated carbocycles. The molecule has 1 aliphatic rings. The fraction of sp³-hybridized carbons (Fsp3) is 0.0968. The van der Waals surface area contributed by atoms with Crippen LogP contribution in [0.15, 0.2) is 108 Å². The standard InChI is InChI=1S/C31H29N5O4S/c1-21(37)36(19-18-32)25-15-12-23(13-16-25)33-30(22-8-4-2-5-9-22)29-27-20-24(14-17-28(27)34-31(29)38)35-41(39,40)26-10-6-3-7-11-26/h2-17,20,33,35H,18-19,32H2,1H3,(H,34,38)/b30-29-. The minimum atomic E-state index is -3.83. The van der Waals surface area contributed by atoms with Gasteiger partial charge in [-0.25, -0.2) is 8.42 Å². The molecule has 0 saturated heterocycles. The van der Waals surface area contributed by atoms with Gasteiger partial charge in [-0.3, -0.25) is 14.3 Å². The van der Waals surface area contributed by atoms with Gasteiger partial charge in [0.05, 0.1) is 16.2 Å². The van der Waals surface area contributed by atoms with E-state index in [1.165, 1.54) is 19.1 Å². The lowest BCUT2D eigenvalue weighted by Crippen LogP contribution is -2.33. The Balaban J connectivity index is 1.54. The average Bonchev–Trinajstić information content (AvgIpc) is 3.30. The van der Waals surface area contributed by atoms with E-state index in [1.54, 1.807) is 41.3 Å². The van der Waals surface area contributed by atoms with Crippen molar-refractivity contribution >= 4 is 55.9 Å². The van der Waals surface area contributed by atoms with Crippen LogP contribution in [0.2, 0.25) is 0 Å². The third kappa shape index (κ3) is 5.98. The number of anilines is 4. The van der Waals surface area contributed by atoms with E-state index in [1.807, 2.05) is 54.6 Å². The van der Waals surface area contributed by atoms with Crippen molar-refractivity contribution in [3.05, 3.63) is 114 Å². The molecule has 0 aromatic heterocycles. The van der Waals surface area contributed by atoms with Crippen molar-refractivity contribution in [2.75, 3.05) is 33.3 Å². The zero-order valence-electron chi connectivity index (χ0n) is 22.3. The number of nitrogens with one attached hydrogen (secondary N) is 3. The van der Waals surface area contributed by atoms with E-state index in [2.05, 4.69) is 15.4 Å². The van der Waals surface area contributed by atoms with Gasteiger partial charge in [0.1, 0.15) is 0 Å². The number of nitrogens with zero attached hydrogens (tertiary/aromatic N) is 1. The molecule has 0 unspecified atom stereocenters. The second-order valence-corrected chi connectivity index (χ2v) is 11.1. The topological polar surface area (TPSA) is 134 Å². The van der Waals surface area contributed by atoms with Crippen LogP contribution in [-0.4, -0.2) is 33.3 Å². The maximum atomic E-state index is 13.3. The van der Waals surface area contributed by atoms with Gasteiger partial charge in [0.2, 0.25) is 5.91 Å². The quantitative estimate of drug-likeness (QED) is 0.216. The number of hydrogen-bond acceptors (Lipinski definition) is 6. The predicted molar refractivity (Wildman–Crippen MR) is 163 cm³/mol. The minimum Gasteiger partial charge on any atom is -0.354 e. The maximum absolute atomic E-state index is 13.3. The molecule has 5 rings (SSSR count). The number of benzene rings is 4. The van der Waals surface area contributed by atoms with Gasteiger partial charge in [0.15, 0.2) is 0 Å². The van der Waals surface area contributed by atoms with Crippen LogP contribution in [0, 0.1) is 0 Å². The average molecular weight is 568 g/mol. The molecule has 0 bridgehead atoms. The molecule has 0 radical (unpaired) electrons. The fourth-order valence-corrected chi connectivity index (χ4v) is 5.71. The summed E-state index contributed by atoms with van der Waals surface area (Å²) in [5.41, 5.74) is 10.2. The number of rotatable bonds is 9. The smallest absolute Gasteiger partial charge is 0.261 e. The first kappa shape index (κ1) is 27.6. The van der Waals surface area contributed by atoms with E-state index in [-0.39, 0.29) is 16.7 Å². The molecule has 5 N–H and O–H groups in total. The van der Waals surface area contributed by atoms with E-state index in [9.17, 15) is 18.0 Å². The van der Waals surface area contributed by atoms with Crippen molar-refractivity contribution in [1.82, 2.24) is 0 Å². The van der Waals surface area contributed by atoms with E-state index in [4.69, 9.17) is 5.73 Å². The monoisotopic (exact) mass is 567 g/mol. The molecule has 0 fully saturated rings. The molecule has 1 heterocycles. The van der Waals surface area contributed by atoms with Crippen molar-refractivity contribution in [2.24, 2.45) is 5.73 Å². The normalized spacial score (nSPS) is 13.7. The SMILES string of the molecule is CC(=O)N(CCN)c1ccc(N/C(=C2\C(=O)Nc3ccc(NS(=O)(=O)c4ccccc4)cc32)c2ccccc2)cc1. The van der Waals surface area contributed by atoms with E-state index < -0.39 is 10.0 Å². The Kier molecular flexibility index (Phi) is 7.86. The summed E-state index contributed by atoms with van der Waals surface area (Å²) < 4.78 is 28.5. The van der Waals surface area contributed by atoms with Crippen molar-refractivity contribution < 1.29 is 18.0 Å². The van der Waals surface area contributed by atoms with E-state index >= 15 is 0 Å². The van der Waals surface area contributed by atoms with Crippen LogP contribution in [0.3, 0.4) is 0 Å². The zero-order valence-corrected chi connectivity index (χ0v) is 23.1. The van der Waals surface area contributed by atoms with Crippen LogP contribution in [-0.2, 0) is 19.6 Å². The van der Waals surface area contributed by atoms with Crippen LogP contribution >= 0.6 is 0 Å². The van der Waals surface area contributed by atoms with Crippen molar-refractivity contribution in [3.63, 3.8) is 0 Å². The summed E-state index contributed by atoms with van der Waals surface area (Å²) in [7, 11) is -3.83. The Morgan fingerprint density at radius 2 is 1.51 bits per heavy atom. The van der Waals surface area contributed by atoms with Crippen molar-refractivity contribution in [3.8, 4) is 0 Å². The number of carbonyl (C=O) groups excluding carboxylic acids is 2. The zero-order chi connectivity index (χ0) is 29.0. The van der Waals surface area contributed by atoms with Crippen LogP contribution in [0.25, 0.3) is 11.3 Å². The Morgan fingerprint density at radius 1 is 0.878 bits per heavy atom. The summed E-state index contributed by atoms with van der Waals surface area (Å²) >= 11 is 0. The lowest BCUT2D eigenvalue weighted by Gasteiger charge is -2.21. The third-order valence-corrected chi connectivity index (χ3v) is 7.96. The third-order valence-electron chi connectivity index (χ3n) is 6.56. The first-order valence-electron chi connectivity index (χ1n) is 13.0. The van der Waals surface area contributed by atoms with E-state index in [0.29, 0.717) is 52.7 Å². The largest absolute Gasteiger partial charge is 0.354 e.